The van der Waals surface area contributed by atoms with Crippen LogP contribution in [0.4, 0.5) is 0 Å². The third kappa shape index (κ3) is 2.26. The molecular weight excluding hydrogens is 200 g/mol. The summed E-state index contributed by atoms with van der Waals surface area (Å²) in [7, 11) is 0. The quantitative estimate of drug-likeness (QED) is 0.783. The van der Waals surface area contributed by atoms with E-state index in [4.69, 9.17) is 16.7 Å². The van der Waals surface area contributed by atoms with Crippen molar-refractivity contribution in [2.24, 2.45) is 0 Å². The lowest BCUT2D eigenvalue weighted by molar-refractivity contribution is 0.0697. The van der Waals surface area contributed by atoms with Crippen molar-refractivity contribution in [2.75, 3.05) is 5.88 Å². The standard InChI is InChI=1S/C11H13ClO2/c1-11(2,7-12)9-5-3-8(4-6-9)10(13)14/h3-6H,7H2,1-2H3,(H,13,14). The molecule has 14 heavy (non-hydrogen) atoms. The van der Waals surface area contributed by atoms with Gasteiger partial charge in [0.15, 0.2) is 0 Å². The molecule has 0 saturated carbocycles. The maximum Gasteiger partial charge on any atom is 0.335 e. The molecule has 76 valence electrons. The fourth-order valence-electron chi connectivity index (χ4n) is 1.14. The van der Waals surface area contributed by atoms with Gasteiger partial charge >= 0.3 is 5.97 Å². The third-order valence-corrected chi connectivity index (χ3v) is 2.92. The minimum Gasteiger partial charge on any atom is -0.478 e. The van der Waals surface area contributed by atoms with Gasteiger partial charge < -0.3 is 5.11 Å². The van der Waals surface area contributed by atoms with Gasteiger partial charge in [-0.15, -0.1) is 11.6 Å². The zero-order valence-corrected chi connectivity index (χ0v) is 9.01. The lowest BCUT2D eigenvalue weighted by Crippen LogP contribution is -2.19. The van der Waals surface area contributed by atoms with Crippen LogP contribution in [-0.2, 0) is 5.41 Å². The monoisotopic (exact) mass is 212 g/mol. The van der Waals surface area contributed by atoms with Crippen molar-refractivity contribution >= 4 is 17.6 Å². The highest BCUT2D eigenvalue weighted by Gasteiger charge is 2.19. The lowest BCUT2D eigenvalue weighted by Gasteiger charge is -2.21. The number of carboxylic acid groups (broad SMARTS) is 1. The van der Waals surface area contributed by atoms with Gasteiger partial charge in [-0.1, -0.05) is 26.0 Å². The summed E-state index contributed by atoms with van der Waals surface area (Å²) in [5.74, 6) is -0.389. The fourth-order valence-corrected chi connectivity index (χ4v) is 1.30. The third-order valence-electron chi connectivity index (χ3n) is 2.25. The predicted octanol–water partition coefficient (Wildman–Crippen LogP) is 2.90. The number of hydrogen-bond acceptors (Lipinski definition) is 1. The van der Waals surface area contributed by atoms with E-state index in [0.717, 1.165) is 5.56 Å². The SMILES string of the molecule is CC(C)(CCl)c1ccc(C(=O)O)cc1. The number of halogens is 1. The van der Waals surface area contributed by atoms with Crippen LogP contribution in [0.2, 0.25) is 0 Å². The van der Waals surface area contributed by atoms with E-state index >= 15 is 0 Å². The van der Waals surface area contributed by atoms with Crippen molar-refractivity contribution < 1.29 is 9.90 Å². The Morgan fingerprint density at radius 3 is 2.21 bits per heavy atom. The Hall–Kier alpha value is -1.02. The second kappa shape index (κ2) is 4.01. The van der Waals surface area contributed by atoms with Gasteiger partial charge in [0.2, 0.25) is 0 Å². The van der Waals surface area contributed by atoms with E-state index in [2.05, 4.69) is 0 Å². The molecule has 0 bridgehead atoms. The number of rotatable bonds is 3. The lowest BCUT2D eigenvalue weighted by atomic mass is 9.86. The summed E-state index contributed by atoms with van der Waals surface area (Å²) in [4.78, 5) is 10.6. The maximum absolute atomic E-state index is 10.6. The Morgan fingerprint density at radius 2 is 1.86 bits per heavy atom. The molecule has 0 saturated heterocycles. The van der Waals surface area contributed by atoms with Crippen molar-refractivity contribution in [3.05, 3.63) is 35.4 Å². The van der Waals surface area contributed by atoms with Crippen molar-refractivity contribution in [1.29, 1.82) is 0 Å². The largest absolute Gasteiger partial charge is 0.478 e. The molecule has 0 amide bonds. The Balaban J connectivity index is 2.99. The zero-order valence-electron chi connectivity index (χ0n) is 8.25. The van der Waals surface area contributed by atoms with E-state index in [1.165, 1.54) is 0 Å². The van der Waals surface area contributed by atoms with Crippen LogP contribution >= 0.6 is 11.6 Å². The summed E-state index contributed by atoms with van der Waals surface area (Å²) in [6.07, 6.45) is 0. The van der Waals surface area contributed by atoms with Gasteiger partial charge in [-0.2, -0.15) is 0 Å². The Labute approximate surface area is 88.5 Å². The molecule has 1 aromatic rings. The molecule has 1 N–H and O–H groups in total. The van der Waals surface area contributed by atoms with Crippen LogP contribution in [0.5, 0.6) is 0 Å². The minimum absolute atomic E-state index is 0.113. The summed E-state index contributed by atoms with van der Waals surface area (Å²) in [5, 5.41) is 8.71. The van der Waals surface area contributed by atoms with Crippen molar-refractivity contribution in [1.82, 2.24) is 0 Å². The summed E-state index contributed by atoms with van der Waals surface area (Å²) in [5.41, 5.74) is 1.25. The van der Waals surface area contributed by atoms with Crippen molar-refractivity contribution in [2.45, 2.75) is 19.3 Å². The molecule has 0 aliphatic heterocycles. The van der Waals surface area contributed by atoms with Crippen LogP contribution in [0.1, 0.15) is 29.8 Å². The number of hydrogen-bond donors (Lipinski definition) is 1. The van der Waals surface area contributed by atoms with Crippen molar-refractivity contribution in [3.63, 3.8) is 0 Å². The first-order valence-electron chi connectivity index (χ1n) is 4.37. The van der Waals surface area contributed by atoms with Crippen molar-refractivity contribution in [3.8, 4) is 0 Å². The van der Waals surface area contributed by atoms with Gasteiger partial charge in [0.25, 0.3) is 0 Å². The first-order chi connectivity index (χ1) is 6.47. The van der Waals surface area contributed by atoms with E-state index in [1.54, 1.807) is 12.1 Å². The molecule has 1 aromatic carbocycles. The molecule has 0 unspecified atom stereocenters. The average molecular weight is 213 g/mol. The summed E-state index contributed by atoms with van der Waals surface area (Å²) >= 11 is 5.81. The van der Waals surface area contributed by atoms with E-state index in [9.17, 15) is 4.79 Å². The van der Waals surface area contributed by atoms with Crippen LogP contribution in [0, 0.1) is 0 Å². The molecule has 0 aromatic heterocycles. The van der Waals surface area contributed by atoms with Gasteiger partial charge in [0.1, 0.15) is 0 Å². The molecular formula is C11H13ClO2. The average Bonchev–Trinajstić information content (AvgIpc) is 2.18. The molecule has 0 aliphatic carbocycles. The molecule has 0 radical (unpaired) electrons. The van der Waals surface area contributed by atoms with Crippen LogP contribution in [-0.4, -0.2) is 17.0 Å². The number of benzene rings is 1. The predicted molar refractivity (Wildman–Crippen MR) is 57.1 cm³/mol. The van der Waals surface area contributed by atoms with E-state index in [1.807, 2.05) is 26.0 Å². The van der Waals surface area contributed by atoms with E-state index in [0.29, 0.717) is 11.4 Å². The van der Waals surface area contributed by atoms with Crippen LogP contribution < -0.4 is 0 Å². The highest BCUT2D eigenvalue weighted by atomic mass is 35.5. The Morgan fingerprint density at radius 1 is 1.36 bits per heavy atom. The topological polar surface area (TPSA) is 37.3 Å². The van der Waals surface area contributed by atoms with Gasteiger partial charge in [0, 0.05) is 11.3 Å². The van der Waals surface area contributed by atoms with E-state index < -0.39 is 5.97 Å². The maximum atomic E-state index is 10.6. The molecule has 0 aliphatic rings. The molecule has 0 heterocycles. The Kier molecular flexibility index (Phi) is 3.17. The number of carboxylic acids is 1. The normalized spacial score (nSPS) is 11.4. The van der Waals surface area contributed by atoms with E-state index in [-0.39, 0.29) is 5.41 Å². The summed E-state index contributed by atoms with van der Waals surface area (Å²) in [6.45, 7) is 4.05. The molecule has 3 heteroatoms. The smallest absolute Gasteiger partial charge is 0.335 e. The zero-order chi connectivity index (χ0) is 10.8. The number of alkyl halides is 1. The van der Waals surface area contributed by atoms with Gasteiger partial charge in [-0.05, 0) is 17.7 Å². The molecule has 0 atom stereocenters. The number of aromatic carboxylic acids is 1. The highest BCUT2D eigenvalue weighted by molar-refractivity contribution is 6.18. The minimum atomic E-state index is -0.903. The second-order valence-electron chi connectivity index (χ2n) is 3.90. The van der Waals surface area contributed by atoms with Crippen LogP contribution in [0.3, 0.4) is 0 Å². The van der Waals surface area contributed by atoms with Crippen LogP contribution in [0.15, 0.2) is 24.3 Å². The van der Waals surface area contributed by atoms with Gasteiger partial charge in [-0.3, -0.25) is 0 Å². The first-order valence-corrected chi connectivity index (χ1v) is 4.90. The summed E-state index contributed by atoms with van der Waals surface area (Å²) < 4.78 is 0. The molecule has 1 rings (SSSR count). The first kappa shape index (κ1) is 11.1. The van der Waals surface area contributed by atoms with Gasteiger partial charge in [0.05, 0.1) is 5.56 Å². The highest BCUT2D eigenvalue weighted by Crippen LogP contribution is 2.24. The molecule has 2 nitrogen and oxygen atoms in total. The Bertz CT molecular complexity index is 328. The fraction of sp³-hybridized carbons (Fsp3) is 0.364. The van der Waals surface area contributed by atoms with Crippen LogP contribution in [0.25, 0.3) is 0 Å². The summed E-state index contributed by atoms with van der Waals surface area (Å²) in [6, 6.07) is 6.83. The number of carbonyl (C=O) groups is 1. The second-order valence-corrected chi connectivity index (χ2v) is 4.17. The molecule has 0 fully saturated rings. The van der Waals surface area contributed by atoms with Gasteiger partial charge in [-0.25, -0.2) is 4.79 Å². The molecule has 0 spiro atoms.